The molecule has 2 fully saturated rings. The minimum atomic E-state index is 0.0803. The summed E-state index contributed by atoms with van der Waals surface area (Å²) in [7, 11) is 0. The van der Waals surface area contributed by atoms with Crippen molar-refractivity contribution in [3.05, 3.63) is 0 Å². The van der Waals surface area contributed by atoms with Crippen molar-refractivity contribution < 1.29 is 9.53 Å². The van der Waals surface area contributed by atoms with Crippen LogP contribution < -0.4 is 10.6 Å². The standard InChI is InChI=1S/C12H22N2O2/c1-9-6-11(8-16-9)12(15)14-7-10-2-4-13-5-3-10/h9-11,13H,2-8H2,1H3,(H,14,15). The van der Waals surface area contributed by atoms with Crippen LogP contribution in [0.2, 0.25) is 0 Å². The fourth-order valence-electron chi connectivity index (χ4n) is 2.48. The van der Waals surface area contributed by atoms with E-state index in [0.717, 1.165) is 26.1 Å². The molecular weight excluding hydrogens is 204 g/mol. The highest BCUT2D eigenvalue weighted by Crippen LogP contribution is 2.19. The van der Waals surface area contributed by atoms with Crippen LogP contribution in [0, 0.1) is 11.8 Å². The highest BCUT2D eigenvalue weighted by Gasteiger charge is 2.28. The van der Waals surface area contributed by atoms with Crippen LogP contribution in [-0.4, -0.2) is 38.3 Å². The van der Waals surface area contributed by atoms with Gasteiger partial charge in [0, 0.05) is 6.54 Å². The van der Waals surface area contributed by atoms with Crippen molar-refractivity contribution in [2.24, 2.45) is 11.8 Å². The number of carbonyl (C=O) groups is 1. The number of piperidine rings is 1. The second-order valence-electron chi connectivity index (χ2n) is 5.02. The Labute approximate surface area is 97.1 Å². The van der Waals surface area contributed by atoms with Gasteiger partial charge >= 0.3 is 0 Å². The number of nitrogens with one attached hydrogen (secondary N) is 2. The van der Waals surface area contributed by atoms with Crippen LogP contribution in [0.1, 0.15) is 26.2 Å². The third-order valence-corrected chi connectivity index (χ3v) is 3.59. The molecule has 0 aromatic heterocycles. The molecule has 0 saturated carbocycles. The van der Waals surface area contributed by atoms with Crippen LogP contribution in [0.4, 0.5) is 0 Å². The summed E-state index contributed by atoms with van der Waals surface area (Å²) < 4.78 is 5.41. The van der Waals surface area contributed by atoms with E-state index in [2.05, 4.69) is 10.6 Å². The molecule has 16 heavy (non-hydrogen) atoms. The molecule has 0 aliphatic carbocycles. The average Bonchev–Trinajstić information content (AvgIpc) is 2.74. The SMILES string of the molecule is CC1CC(C(=O)NCC2CCNCC2)CO1. The first-order valence-electron chi connectivity index (χ1n) is 6.35. The quantitative estimate of drug-likeness (QED) is 0.738. The third-order valence-electron chi connectivity index (χ3n) is 3.59. The van der Waals surface area contributed by atoms with Crippen molar-refractivity contribution in [2.45, 2.75) is 32.3 Å². The van der Waals surface area contributed by atoms with Gasteiger partial charge in [-0.05, 0) is 45.2 Å². The zero-order valence-corrected chi connectivity index (χ0v) is 10.00. The molecule has 2 atom stereocenters. The Morgan fingerprint density at radius 3 is 2.81 bits per heavy atom. The second kappa shape index (κ2) is 5.64. The third kappa shape index (κ3) is 3.19. The molecule has 2 saturated heterocycles. The summed E-state index contributed by atoms with van der Waals surface area (Å²) in [6, 6.07) is 0. The Kier molecular flexibility index (Phi) is 4.18. The monoisotopic (exact) mass is 226 g/mol. The largest absolute Gasteiger partial charge is 0.378 e. The number of amides is 1. The molecule has 0 bridgehead atoms. The molecule has 92 valence electrons. The minimum absolute atomic E-state index is 0.0803. The lowest BCUT2D eigenvalue weighted by molar-refractivity contribution is -0.125. The molecule has 0 aromatic rings. The van der Waals surface area contributed by atoms with E-state index in [1.807, 2.05) is 6.92 Å². The van der Waals surface area contributed by atoms with Crippen LogP contribution in [0.15, 0.2) is 0 Å². The summed E-state index contributed by atoms with van der Waals surface area (Å²) in [5, 5.41) is 6.40. The Balaban J connectivity index is 1.67. The topological polar surface area (TPSA) is 50.4 Å². The number of ether oxygens (including phenoxy) is 1. The predicted octanol–water partition coefficient (Wildman–Crippen LogP) is 0.527. The zero-order chi connectivity index (χ0) is 11.4. The lowest BCUT2D eigenvalue weighted by atomic mass is 9.97. The number of hydrogen-bond acceptors (Lipinski definition) is 3. The predicted molar refractivity (Wildman–Crippen MR) is 62.1 cm³/mol. The lowest BCUT2D eigenvalue weighted by Crippen LogP contribution is -2.38. The fraction of sp³-hybridized carbons (Fsp3) is 0.917. The smallest absolute Gasteiger partial charge is 0.225 e. The molecule has 2 heterocycles. The van der Waals surface area contributed by atoms with Gasteiger partial charge in [-0.25, -0.2) is 0 Å². The highest BCUT2D eigenvalue weighted by molar-refractivity contribution is 5.79. The Hall–Kier alpha value is -0.610. The molecule has 2 unspecified atom stereocenters. The van der Waals surface area contributed by atoms with Crippen LogP contribution in [0.25, 0.3) is 0 Å². The summed E-state index contributed by atoms with van der Waals surface area (Å²) in [5.74, 6) is 0.921. The summed E-state index contributed by atoms with van der Waals surface area (Å²) in [5.41, 5.74) is 0. The zero-order valence-electron chi connectivity index (χ0n) is 10.00. The Morgan fingerprint density at radius 2 is 2.19 bits per heavy atom. The highest BCUT2D eigenvalue weighted by atomic mass is 16.5. The summed E-state index contributed by atoms with van der Waals surface area (Å²) in [6.45, 7) is 5.64. The van der Waals surface area contributed by atoms with Gasteiger partial charge < -0.3 is 15.4 Å². The molecule has 4 heteroatoms. The second-order valence-corrected chi connectivity index (χ2v) is 5.02. The molecule has 0 aromatic carbocycles. The van der Waals surface area contributed by atoms with Gasteiger partial charge in [0.05, 0.1) is 18.6 Å². The molecule has 2 aliphatic rings. The van der Waals surface area contributed by atoms with Crippen molar-refractivity contribution in [2.75, 3.05) is 26.2 Å². The van der Waals surface area contributed by atoms with Gasteiger partial charge in [-0.1, -0.05) is 0 Å². The maximum Gasteiger partial charge on any atom is 0.225 e. The van der Waals surface area contributed by atoms with Gasteiger partial charge in [-0.2, -0.15) is 0 Å². The molecule has 0 radical (unpaired) electrons. The lowest BCUT2D eigenvalue weighted by Gasteiger charge is -2.23. The van der Waals surface area contributed by atoms with E-state index in [4.69, 9.17) is 4.74 Å². The Bertz CT molecular complexity index is 239. The number of hydrogen-bond donors (Lipinski definition) is 2. The summed E-state index contributed by atoms with van der Waals surface area (Å²) in [4.78, 5) is 11.8. The first-order chi connectivity index (χ1) is 7.75. The molecule has 1 amide bonds. The maximum atomic E-state index is 11.8. The average molecular weight is 226 g/mol. The van der Waals surface area contributed by atoms with Crippen LogP contribution in [0.3, 0.4) is 0 Å². The first-order valence-corrected chi connectivity index (χ1v) is 6.35. The normalized spacial score (nSPS) is 31.6. The van der Waals surface area contributed by atoms with Crippen molar-refractivity contribution in [1.29, 1.82) is 0 Å². The molecule has 2 N–H and O–H groups in total. The maximum absolute atomic E-state index is 11.8. The van der Waals surface area contributed by atoms with Crippen molar-refractivity contribution >= 4 is 5.91 Å². The van der Waals surface area contributed by atoms with Crippen molar-refractivity contribution in [1.82, 2.24) is 10.6 Å². The van der Waals surface area contributed by atoms with Gasteiger partial charge in [0.15, 0.2) is 0 Å². The van der Waals surface area contributed by atoms with Crippen LogP contribution in [-0.2, 0) is 9.53 Å². The van der Waals surface area contributed by atoms with Gasteiger partial charge in [-0.3, -0.25) is 4.79 Å². The Morgan fingerprint density at radius 1 is 1.44 bits per heavy atom. The van der Waals surface area contributed by atoms with Crippen molar-refractivity contribution in [3.63, 3.8) is 0 Å². The molecular formula is C12H22N2O2. The van der Waals surface area contributed by atoms with E-state index in [1.165, 1.54) is 12.8 Å². The van der Waals surface area contributed by atoms with E-state index in [-0.39, 0.29) is 17.9 Å². The van der Waals surface area contributed by atoms with Crippen molar-refractivity contribution in [3.8, 4) is 0 Å². The van der Waals surface area contributed by atoms with Crippen LogP contribution in [0.5, 0.6) is 0 Å². The van der Waals surface area contributed by atoms with Crippen LogP contribution >= 0.6 is 0 Å². The van der Waals surface area contributed by atoms with E-state index in [1.54, 1.807) is 0 Å². The molecule has 0 spiro atoms. The van der Waals surface area contributed by atoms with Gasteiger partial charge in [-0.15, -0.1) is 0 Å². The number of carbonyl (C=O) groups excluding carboxylic acids is 1. The van der Waals surface area contributed by atoms with E-state index in [9.17, 15) is 4.79 Å². The fourth-order valence-corrected chi connectivity index (χ4v) is 2.48. The molecule has 4 nitrogen and oxygen atoms in total. The van der Waals surface area contributed by atoms with E-state index in [0.29, 0.717) is 12.5 Å². The number of rotatable bonds is 3. The summed E-state index contributed by atoms with van der Waals surface area (Å²) >= 11 is 0. The van der Waals surface area contributed by atoms with E-state index < -0.39 is 0 Å². The van der Waals surface area contributed by atoms with Gasteiger partial charge in [0.1, 0.15) is 0 Å². The molecule has 2 aliphatic heterocycles. The molecule has 2 rings (SSSR count). The summed E-state index contributed by atoms with van der Waals surface area (Å²) in [6.07, 6.45) is 3.47. The van der Waals surface area contributed by atoms with E-state index >= 15 is 0 Å². The van der Waals surface area contributed by atoms with Gasteiger partial charge in [0.2, 0.25) is 5.91 Å². The first kappa shape index (κ1) is 11.9. The van der Waals surface area contributed by atoms with Gasteiger partial charge in [0.25, 0.3) is 0 Å². The minimum Gasteiger partial charge on any atom is -0.378 e.